The smallest absolute Gasteiger partial charge is 0.332 e. The maximum atomic E-state index is 13.1. The molecule has 5 rings (SSSR count). The van der Waals surface area contributed by atoms with Crippen LogP contribution in [-0.2, 0) is 14.3 Å². The molecule has 3 aromatic heterocycles. The molecule has 2 unspecified atom stereocenters. The number of carboxylic acid groups (broad SMARTS) is 1. The van der Waals surface area contributed by atoms with E-state index in [1.165, 1.54) is 44.5 Å². The van der Waals surface area contributed by atoms with E-state index in [1.54, 1.807) is 61.8 Å². The highest BCUT2D eigenvalue weighted by Crippen LogP contribution is 2.19. The van der Waals surface area contributed by atoms with Gasteiger partial charge in [-0.15, -0.1) is 0 Å². The van der Waals surface area contributed by atoms with Gasteiger partial charge in [0.25, 0.3) is 5.89 Å². The Balaban J connectivity index is 0.000000232. The second kappa shape index (κ2) is 19.4. The number of halogens is 2. The third-order valence-corrected chi connectivity index (χ3v) is 6.35. The van der Waals surface area contributed by atoms with E-state index in [-0.39, 0.29) is 23.6 Å². The Morgan fingerprint density at radius 2 is 1.44 bits per heavy atom. The summed E-state index contributed by atoms with van der Waals surface area (Å²) in [5, 5.41) is 23.3. The number of benzene rings is 2. The van der Waals surface area contributed by atoms with Gasteiger partial charge in [-0.2, -0.15) is 4.98 Å². The van der Waals surface area contributed by atoms with Crippen LogP contribution in [0.25, 0.3) is 11.4 Å². The van der Waals surface area contributed by atoms with E-state index in [1.807, 2.05) is 6.92 Å². The standard InChI is InChI=1S/C18H14FN3O2.C14H10FN3O.C4H8O3/c1-12(23-2)18-21-17(22-24-18)14-7-9-16(20-11-14)8-6-13-4-3-5-15(19)10-13;15-12-3-1-2-10(8-12)4-6-13-7-5-11(9-17-13)14(16)18-19;1-3(7-2)4(5)6/h3-5,7,9-12H,1-2H3;1-3,5,7-9,19H,(H2,16,18);3H,1-2H3,(H,5,6). The number of carboxylic acids is 1. The molecule has 5 aromatic rings. The Morgan fingerprint density at radius 1 is 0.860 bits per heavy atom. The van der Waals surface area contributed by atoms with Gasteiger partial charge in [-0.05, 0) is 86.4 Å². The number of nitrogens with two attached hydrogens (primary N) is 1. The molecular formula is C36H32F2N6O6. The van der Waals surface area contributed by atoms with Crippen LogP contribution in [0, 0.1) is 35.3 Å². The summed E-state index contributed by atoms with van der Waals surface area (Å²) in [5.74, 6) is 10.6. The van der Waals surface area contributed by atoms with Crippen LogP contribution < -0.4 is 5.73 Å². The van der Waals surface area contributed by atoms with Crippen molar-refractivity contribution in [2.75, 3.05) is 14.2 Å². The predicted molar refractivity (Wildman–Crippen MR) is 179 cm³/mol. The lowest BCUT2D eigenvalue weighted by Crippen LogP contribution is -2.17. The molecule has 0 amide bonds. The average Bonchev–Trinajstić information content (AvgIpc) is 3.64. The summed E-state index contributed by atoms with van der Waals surface area (Å²) < 4.78 is 40.7. The number of amidine groups is 1. The summed E-state index contributed by atoms with van der Waals surface area (Å²) in [4.78, 5) is 22.4. The summed E-state index contributed by atoms with van der Waals surface area (Å²) in [7, 11) is 2.93. The maximum absolute atomic E-state index is 13.1. The zero-order valence-electron chi connectivity index (χ0n) is 27.3. The van der Waals surface area contributed by atoms with Crippen LogP contribution in [0.5, 0.6) is 0 Å². The number of oxime groups is 1. The molecule has 4 N–H and O–H groups in total. The van der Waals surface area contributed by atoms with Gasteiger partial charge in [-0.1, -0.05) is 34.3 Å². The third kappa shape index (κ3) is 12.3. The van der Waals surface area contributed by atoms with E-state index in [4.69, 9.17) is 25.3 Å². The van der Waals surface area contributed by atoms with Crippen molar-refractivity contribution >= 4 is 11.8 Å². The van der Waals surface area contributed by atoms with Gasteiger partial charge in [0.05, 0.1) is 0 Å². The molecule has 14 heteroatoms. The first kappa shape index (κ1) is 38.0. The van der Waals surface area contributed by atoms with Gasteiger partial charge in [0.15, 0.2) is 11.9 Å². The lowest BCUT2D eigenvalue weighted by atomic mass is 10.2. The van der Waals surface area contributed by atoms with E-state index < -0.39 is 12.1 Å². The summed E-state index contributed by atoms with van der Waals surface area (Å²) in [5.41, 5.74) is 8.87. The summed E-state index contributed by atoms with van der Waals surface area (Å²) >= 11 is 0. The SMILES string of the molecule is COC(C)C(=O)O.COC(C)c1nc(-c2ccc(C#Cc3cccc(F)c3)nc2)no1.N/C(=N\O)c1ccc(C#Cc2cccc(F)c2)nc1. The highest BCUT2D eigenvalue weighted by molar-refractivity contribution is 5.96. The highest BCUT2D eigenvalue weighted by atomic mass is 19.1. The minimum atomic E-state index is -0.928. The highest BCUT2D eigenvalue weighted by Gasteiger charge is 2.14. The van der Waals surface area contributed by atoms with Crippen molar-refractivity contribution < 1.29 is 37.9 Å². The van der Waals surface area contributed by atoms with Crippen molar-refractivity contribution in [2.24, 2.45) is 10.9 Å². The molecular weight excluding hydrogens is 650 g/mol. The molecule has 0 aliphatic rings. The van der Waals surface area contributed by atoms with Gasteiger partial charge in [0, 0.05) is 48.9 Å². The minimum Gasteiger partial charge on any atom is -0.479 e. The second-order valence-corrected chi connectivity index (χ2v) is 9.92. The molecule has 0 radical (unpaired) electrons. The molecule has 0 bridgehead atoms. The molecule has 3 heterocycles. The Kier molecular flexibility index (Phi) is 14.7. The molecule has 256 valence electrons. The van der Waals surface area contributed by atoms with E-state index in [0.717, 1.165) is 0 Å². The number of aromatic nitrogens is 4. The Morgan fingerprint density at radius 3 is 1.86 bits per heavy atom. The molecule has 0 saturated heterocycles. The van der Waals surface area contributed by atoms with Crippen LogP contribution in [0.4, 0.5) is 8.78 Å². The van der Waals surface area contributed by atoms with Gasteiger partial charge in [0.1, 0.15) is 29.1 Å². The van der Waals surface area contributed by atoms with E-state index in [2.05, 4.69) is 53.7 Å². The number of hydrogen-bond acceptors (Lipinski definition) is 10. The van der Waals surface area contributed by atoms with E-state index in [0.29, 0.717) is 45.4 Å². The van der Waals surface area contributed by atoms with Crippen molar-refractivity contribution in [3.8, 4) is 35.1 Å². The number of nitrogens with zero attached hydrogens (tertiary/aromatic N) is 5. The van der Waals surface area contributed by atoms with Crippen molar-refractivity contribution in [1.82, 2.24) is 20.1 Å². The Labute approximate surface area is 286 Å². The van der Waals surface area contributed by atoms with Crippen LogP contribution in [0.2, 0.25) is 0 Å². The van der Waals surface area contributed by atoms with Crippen LogP contribution in [0.1, 0.15) is 53.9 Å². The number of pyridine rings is 2. The molecule has 0 saturated carbocycles. The number of ether oxygens (including phenoxy) is 2. The van der Waals surface area contributed by atoms with Crippen molar-refractivity contribution in [2.45, 2.75) is 26.1 Å². The first-order valence-corrected chi connectivity index (χ1v) is 14.6. The van der Waals surface area contributed by atoms with Crippen molar-refractivity contribution in [1.29, 1.82) is 0 Å². The van der Waals surface area contributed by atoms with Crippen LogP contribution in [-0.4, -0.2) is 62.6 Å². The summed E-state index contributed by atoms with van der Waals surface area (Å²) in [6, 6.07) is 18.9. The number of carbonyl (C=O) groups is 1. The van der Waals surface area contributed by atoms with Gasteiger partial charge in [0.2, 0.25) is 5.82 Å². The zero-order valence-corrected chi connectivity index (χ0v) is 27.3. The van der Waals surface area contributed by atoms with Gasteiger partial charge >= 0.3 is 5.97 Å². The molecule has 0 spiro atoms. The Hall–Kier alpha value is -6.48. The molecule has 0 aliphatic carbocycles. The normalized spacial score (nSPS) is 11.5. The maximum Gasteiger partial charge on any atom is 0.332 e. The molecule has 2 atom stereocenters. The van der Waals surface area contributed by atoms with Crippen molar-refractivity contribution in [3.05, 3.63) is 131 Å². The van der Waals surface area contributed by atoms with E-state index >= 15 is 0 Å². The molecule has 0 fully saturated rings. The summed E-state index contributed by atoms with van der Waals surface area (Å²) in [6.07, 6.45) is 2.11. The van der Waals surface area contributed by atoms with Crippen molar-refractivity contribution in [3.63, 3.8) is 0 Å². The topological polar surface area (TPSA) is 179 Å². The largest absolute Gasteiger partial charge is 0.479 e. The lowest BCUT2D eigenvalue weighted by molar-refractivity contribution is -0.147. The number of methoxy groups -OCH3 is 2. The number of aliphatic carboxylic acids is 1. The molecule has 50 heavy (non-hydrogen) atoms. The summed E-state index contributed by atoms with van der Waals surface area (Å²) in [6.45, 7) is 3.29. The predicted octanol–water partition coefficient (Wildman–Crippen LogP) is 5.20. The van der Waals surface area contributed by atoms with E-state index in [9.17, 15) is 13.6 Å². The first-order chi connectivity index (χ1) is 24.0. The van der Waals surface area contributed by atoms with Crippen LogP contribution >= 0.6 is 0 Å². The molecule has 12 nitrogen and oxygen atoms in total. The average molecular weight is 683 g/mol. The molecule has 2 aromatic carbocycles. The fraction of sp³-hybridized carbons (Fsp3) is 0.167. The lowest BCUT2D eigenvalue weighted by Gasteiger charge is -2.00. The fourth-order valence-corrected chi connectivity index (χ4v) is 3.40. The van der Waals surface area contributed by atoms with Gasteiger partial charge < -0.3 is 30.0 Å². The molecule has 0 aliphatic heterocycles. The van der Waals surface area contributed by atoms with Gasteiger partial charge in [-0.25, -0.2) is 23.5 Å². The quantitative estimate of drug-likeness (QED) is 0.0705. The van der Waals surface area contributed by atoms with Gasteiger partial charge in [-0.3, -0.25) is 0 Å². The zero-order chi connectivity index (χ0) is 36.5. The third-order valence-electron chi connectivity index (χ3n) is 6.35. The monoisotopic (exact) mass is 682 g/mol. The Bertz CT molecular complexity index is 2010. The first-order valence-electron chi connectivity index (χ1n) is 14.6. The number of hydrogen-bond donors (Lipinski definition) is 3. The number of rotatable bonds is 6. The van der Waals surface area contributed by atoms with Crippen LogP contribution in [0.3, 0.4) is 0 Å². The fourth-order valence-electron chi connectivity index (χ4n) is 3.40. The van der Waals surface area contributed by atoms with Crippen LogP contribution in [0.15, 0.2) is 94.9 Å². The minimum absolute atomic E-state index is 0.0165. The second-order valence-electron chi connectivity index (χ2n) is 9.92.